The van der Waals surface area contributed by atoms with Gasteiger partial charge in [-0.1, -0.05) is 19.8 Å². The highest BCUT2D eigenvalue weighted by molar-refractivity contribution is 4.96. The van der Waals surface area contributed by atoms with Crippen molar-refractivity contribution in [3.8, 4) is 0 Å². The third kappa shape index (κ3) is 3.01. The summed E-state index contributed by atoms with van der Waals surface area (Å²) >= 11 is 0. The first kappa shape index (κ1) is 9.96. The minimum absolute atomic E-state index is 0.127. The molecule has 0 bridgehead atoms. The molecule has 0 amide bonds. The summed E-state index contributed by atoms with van der Waals surface area (Å²) in [5.74, 6) is -0.351. The lowest BCUT2D eigenvalue weighted by atomic mass is 10.2. The molecule has 0 unspecified atom stereocenters. The van der Waals surface area contributed by atoms with Crippen LogP contribution in [-0.4, -0.2) is 4.57 Å². The van der Waals surface area contributed by atoms with Crippen LogP contribution in [-0.2, 0) is 6.54 Å². The van der Waals surface area contributed by atoms with Crippen molar-refractivity contribution in [2.24, 2.45) is 0 Å². The number of halogens is 1. The highest BCUT2D eigenvalue weighted by Crippen LogP contribution is 1.98. The van der Waals surface area contributed by atoms with Crippen molar-refractivity contribution in [2.75, 3.05) is 0 Å². The molecule has 1 rings (SSSR count). The van der Waals surface area contributed by atoms with Gasteiger partial charge in [0, 0.05) is 18.8 Å². The molecule has 72 valence electrons. The maximum absolute atomic E-state index is 12.7. The maximum atomic E-state index is 12.7. The summed E-state index contributed by atoms with van der Waals surface area (Å²) in [5.41, 5.74) is -0.127. The maximum Gasteiger partial charge on any atom is 0.250 e. The number of nitrogens with zero attached hydrogens (tertiary/aromatic N) is 1. The van der Waals surface area contributed by atoms with Crippen molar-refractivity contribution >= 4 is 0 Å². The molecule has 0 aliphatic rings. The molecule has 0 atom stereocenters. The Morgan fingerprint density at radius 3 is 2.85 bits per heavy atom. The van der Waals surface area contributed by atoms with Crippen LogP contribution in [0.25, 0.3) is 0 Å². The molecule has 0 N–H and O–H groups in total. The van der Waals surface area contributed by atoms with Crippen LogP contribution in [0.5, 0.6) is 0 Å². The van der Waals surface area contributed by atoms with Crippen molar-refractivity contribution < 1.29 is 4.39 Å². The van der Waals surface area contributed by atoms with E-state index in [0.29, 0.717) is 6.54 Å². The standard InChI is InChI=1S/C10H14FNO/c1-2-3-4-7-12-8-9(11)5-6-10(12)13/h5-6,8H,2-4,7H2,1H3. The van der Waals surface area contributed by atoms with Gasteiger partial charge in [0.15, 0.2) is 0 Å². The van der Waals surface area contributed by atoms with Gasteiger partial charge in [0.05, 0.1) is 0 Å². The summed E-state index contributed by atoms with van der Waals surface area (Å²) in [7, 11) is 0. The zero-order valence-electron chi connectivity index (χ0n) is 7.79. The Morgan fingerprint density at radius 2 is 2.15 bits per heavy atom. The van der Waals surface area contributed by atoms with Gasteiger partial charge in [0.1, 0.15) is 5.82 Å². The highest BCUT2D eigenvalue weighted by atomic mass is 19.1. The minimum atomic E-state index is -0.351. The van der Waals surface area contributed by atoms with Crippen LogP contribution in [0.2, 0.25) is 0 Å². The third-order valence-corrected chi connectivity index (χ3v) is 1.95. The Balaban J connectivity index is 2.65. The van der Waals surface area contributed by atoms with E-state index in [0.717, 1.165) is 19.3 Å². The van der Waals surface area contributed by atoms with E-state index in [1.54, 1.807) is 0 Å². The quantitative estimate of drug-likeness (QED) is 0.656. The van der Waals surface area contributed by atoms with Crippen molar-refractivity contribution in [3.63, 3.8) is 0 Å². The molecule has 0 fully saturated rings. The molecular weight excluding hydrogens is 169 g/mol. The molecular formula is C10H14FNO. The molecule has 0 saturated heterocycles. The molecule has 0 radical (unpaired) electrons. The SMILES string of the molecule is CCCCCn1cc(F)ccc1=O. The summed E-state index contributed by atoms with van der Waals surface area (Å²) in [4.78, 5) is 11.2. The molecule has 1 aromatic rings. The van der Waals surface area contributed by atoms with Crippen molar-refractivity contribution in [2.45, 2.75) is 32.7 Å². The van der Waals surface area contributed by atoms with E-state index in [1.165, 1.54) is 22.9 Å². The lowest BCUT2D eigenvalue weighted by molar-refractivity contribution is 0.551. The van der Waals surface area contributed by atoms with E-state index >= 15 is 0 Å². The Kier molecular flexibility index (Phi) is 3.68. The van der Waals surface area contributed by atoms with Gasteiger partial charge in [-0.25, -0.2) is 4.39 Å². The van der Waals surface area contributed by atoms with Crippen LogP contribution in [0.15, 0.2) is 23.1 Å². The molecule has 13 heavy (non-hydrogen) atoms. The number of pyridine rings is 1. The fraction of sp³-hybridized carbons (Fsp3) is 0.500. The number of rotatable bonds is 4. The molecule has 0 aliphatic heterocycles. The first-order valence-electron chi connectivity index (χ1n) is 4.60. The first-order valence-corrected chi connectivity index (χ1v) is 4.60. The molecule has 0 aromatic carbocycles. The summed E-state index contributed by atoms with van der Waals surface area (Å²) in [6.07, 6.45) is 4.37. The molecule has 0 saturated carbocycles. The second-order valence-electron chi connectivity index (χ2n) is 3.09. The predicted octanol–water partition coefficient (Wildman–Crippen LogP) is 2.18. The second-order valence-corrected chi connectivity index (χ2v) is 3.09. The molecule has 0 aliphatic carbocycles. The predicted molar refractivity (Wildman–Crippen MR) is 50.2 cm³/mol. The second kappa shape index (κ2) is 4.80. The Hall–Kier alpha value is -1.12. The van der Waals surface area contributed by atoms with E-state index in [2.05, 4.69) is 6.92 Å². The third-order valence-electron chi connectivity index (χ3n) is 1.95. The molecule has 3 heteroatoms. The van der Waals surface area contributed by atoms with Crippen LogP contribution < -0.4 is 5.56 Å². The van der Waals surface area contributed by atoms with Gasteiger partial charge in [-0.2, -0.15) is 0 Å². The van der Waals surface area contributed by atoms with E-state index in [9.17, 15) is 9.18 Å². The summed E-state index contributed by atoms with van der Waals surface area (Å²) in [6, 6.07) is 2.46. The van der Waals surface area contributed by atoms with Crippen LogP contribution in [0.3, 0.4) is 0 Å². The van der Waals surface area contributed by atoms with Crippen molar-refractivity contribution in [3.05, 3.63) is 34.5 Å². The summed E-state index contributed by atoms with van der Waals surface area (Å²) in [6.45, 7) is 2.71. The van der Waals surface area contributed by atoms with Crippen LogP contribution in [0, 0.1) is 5.82 Å². The Morgan fingerprint density at radius 1 is 1.38 bits per heavy atom. The van der Waals surface area contributed by atoms with Gasteiger partial charge in [0.2, 0.25) is 0 Å². The van der Waals surface area contributed by atoms with Gasteiger partial charge in [0.25, 0.3) is 5.56 Å². The Labute approximate surface area is 77.0 Å². The fourth-order valence-corrected chi connectivity index (χ4v) is 1.21. The van der Waals surface area contributed by atoms with Gasteiger partial charge >= 0.3 is 0 Å². The van der Waals surface area contributed by atoms with Crippen molar-refractivity contribution in [1.29, 1.82) is 0 Å². The topological polar surface area (TPSA) is 22.0 Å². The number of aryl methyl sites for hydroxylation is 1. The average Bonchev–Trinajstić information content (AvgIpc) is 2.11. The summed E-state index contributed by atoms with van der Waals surface area (Å²) in [5, 5.41) is 0. The van der Waals surface area contributed by atoms with E-state index in [1.807, 2.05) is 0 Å². The summed E-state index contributed by atoms with van der Waals surface area (Å²) < 4.78 is 14.1. The van der Waals surface area contributed by atoms with Crippen LogP contribution in [0.4, 0.5) is 4.39 Å². The average molecular weight is 183 g/mol. The number of hydrogen-bond acceptors (Lipinski definition) is 1. The van der Waals surface area contributed by atoms with Crippen LogP contribution >= 0.6 is 0 Å². The smallest absolute Gasteiger partial charge is 0.250 e. The first-order chi connectivity index (χ1) is 6.24. The van der Waals surface area contributed by atoms with Gasteiger partial charge in [-0.3, -0.25) is 4.79 Å². The zero-order valence-corrected chi connectivity index (χ0v) is 7.79. The Bertz CT molecular complexity index is 319. The molecule has 1 aromatic heterocycles. The van der Waals surface area contributed by atoms with Gasteiger partial charge < -0.3 is 4.57 Å². The lowest BCUT2D eigenvalue weighted by Gasteiger charge is -2.03. The normalized spacial score (nSPS) is 10.3. The highest BCUT2D eigenvalue weighted by Gasteiger charge is 1.96. The monoisotopic (exact) mass is 183 g/mol. The zero-order chi connectivity index (χ0) is 9.68. The van der Waals surface area contributed by atoms with E-state index in [-0.39, 0.29) is 11.4 Å². The number of unbranched alkanes of at least 4 members (excludes halogenated alkanes) is 2. The largest absolute Gasteiger partial charge is 0.313 e. The molecule has 2 nitrogen and oxygen atoms in total. The lowest BCUT2D eigenvalue weighted by Crippen LogP contribution is -2.18. The minimum Gasteiger partial charge on any atom is -0.313 e. The molecule has 0 spiro atoms. The van der Waals surface area contributed by atoms with Gasteiger partial charge in [-0.15, -0.1) is 0 Å². The van der Waals surface area contributed by atoms with Crippen molar-refractivity contribution in [1.82, 2.24) is 4.57 Å². The van der Waals surface area contributed by atoms with E-state index in [4.69, 9.17) is 0 Å². The van der Waals surface area contributed by atoms with E-state index < -0.39 is 0 Å². The van der Waals surface area contributed by atoms with Gasteiger partial charge in [-0.05, 0) is 12.5 Å². The number of aromatic nitrogens is 1. The van der Waals surface area contributed by atoms with Crippen LogP contribution in [0.1, 0.15) is 26.2 Å². The number of hydrogen-bond donors (Lipinski definition) is 0. The molecule has 1 heterocycles. The fourth-order valence-electron chi connectivity index (χ4n) is 1.21.